The largest absolute Gasteiger partial charge is 0.502 e. The number of aryl methyl sites for hydroxylation is 2. The van der Waals surface area contributed by atoms with Crippen LogP contribution < -0.4 is 0 Å². The van der Waals surface area contributed by atoms with Crippen LogP contribution in [0.2, 0.25) is 5.02 Å². The number of rotatable bonds is 4. The first-order valence-electron chi connectivity index (χ1n) is 8.00. The molecule has 2 aromatic rings. The van der Waals surface area contributed by atoms with Crippen molar-refractivity contribution in [3.8, 4) is 0 Å². The fourth-order valence-electron chi connectivity index (χ4n) is 3.00. The van der Waals surface area contributed by atoms with Crippen LogP contribution >= 0.6 is 11.6 Å². The molecule has 0 spiro atoms. The van der Waals surface area contributed by atoms with Gasteiger partial charge in [-0.1, -0.05) is 47.5 Å². The second-order valence-corrected chi connectivity index (χ2v) is 6.62. The standard InChI is InChI=1S/C20H18ClNO3/c1-12-3-8-16(13(2)11-12)17-18(23)20(25)22(19(17)24)10-9-14-4-6-15(21)7-5-14/h3-8,11,23H,9-10H2,1-2H3. The summed E-state index contributed by atoms with van der Waals surface area (Å²) in [7, 11) is 0. The Kier molecular flexibility index (Phi) is 4.64. The van der Waals surface area contributed by atoms with E-state index in [0.717, 1.165) is 21.6 Å². The van der Waals surface area contributed by atoms with Gasteiger partial charge >= 0.3 is 0 Å². The molecule has 3 rings (SSSR count). The van der Waals surface area contributed by atoms with Crippen LogP contribution in [0.4, 0.5) is 0 Å². The SMILES string of the molecule is Cc1ccc(C2=C(O)C(=O)N(CCc3ccc(Cl)cc3)C2=O)c(C)c1. The maximum atomic E-state index is 12.7. The molecule has 1 heterocycles. The number of hydrogen-bond donors (Lipinski definition) is 1. The van der Waals surface area contributed by atoms with E-state index in [1.807, 2.05) is 38.1 Å². The molecule has 0 fully saturated rings. The number of aliphatic hydroxyl groups is 1. The van der Waals surface area contributed by atoms with Crippen LogP contribution in [0.1, 0.15) is 22.3 Å². The molecule has 4 nitrogen and oxygen atoms in total. The molecule has 0 unspecified atom stereocenters. The van der Waals surface area contributed by atoms with Crippen molar-refractivity contribution in [1.29, 1.82) is 0 Å². The number of imide groups is 1. The van der Waals surface area contributed by atoms with Crippen LogP contribution in [0, 0.1) is 13.8 Å². The molecule has 1 aliphatic heterocycles. The maximum Gasteiger partial charge on any atom is 0.296 e. The van der Waals surface area contributed by atoms with Crippen LogP contribution in [0.3, 0.4) is 0 Å². The quantitative estimate of drug-likeness (QED) is 0.848. The summed E-state index contributed by atoms with van der Waals surface area (Å²) in [6.07, 6.45) is 0.502. The fraction of sp³-hybridized carbons (Fsp3) is 0.200. The van der Waals surface area contributed by atoms with Crippen LogP contribution in [-0.2, 0) is 16.0 Å². The average molecular weight is 356 g/mol. The fourth-order valence-corrected chi connectivity index (χ4v) is 3.12. The molecule has 0 bridgehead atoms. The van der Waals surface area contributed by atoms with Gasteiger partial charge in [0.2, 0.25) is 0 Å². The molecular formula is C20H18ClNO3. The Labute approximate surface area is 151 Å². The van der Waals surface area contributed by atoms with Gasteiger partial charge in [0.1, 0.15) is 0 Å². The summed E-state index contributed by atoms with van der Waals surface area (Å²) in [5.74, 6) is -1.58. The summed E-state index contributed by atoms with van der Waals surface area (Å²) >= 11 is 5.86. The van der Waals surface area contributed by atoms with E-state index in [1.54, 1.807) is 18.2 Å². The van der Waals surface area contributed by atoms with Crippen LogP contribution in [0.15, 0.2) is 48.2 Å². The summed E-state index contributed by atoms with van der Waals surface area (Å²) in [5, 5.41) is 10.9. The average Bonchev–Trinajstić information content (AvgIpc) is 2.78. The van der Waals surface area contributed by atoms with Crippen molar-refractivity contribution < 1.29 is 14.7 Å². The van der Waals surface area contributed by atoms with Crippen LogP contribution in [0.25, 0.3) is 5.57 Å². The van der Waals surface area contributed by atoms with Gasteiger partial charge in [0.15, 0.2) is 5.76 Å². The summed E-state index contributed by atoms with van der Waals surface area (Å²) in [5.41, 5.74) is 3.54. The zero-order valence-electron chi connectivity index (χ0n) is 14.0. The van der Waals surface area contributed by atoms with E-state index in [0.29, 0.717) is 17.0 Å². The van der Waals surface area contributed by atoms with E-state index < -0.39 is 17.6 Å². The molecule has 25 heavy (non-hydrogen) atoms. The molecule has 2 aromatic carbocycles. The Morgan fingerprint density at radius 3 is 2.32 bits per heavy atom. The van der Waals surface area contributed by atoms with Gasteiger partial charge in [-0.25, -0.2) is 0 Å². The number of nitrogens with zero attached hydrogens (tertiary/aromatic N) is 1. The summed E-state index contributed by atoms with van der Waals surface area (Å²) in [4.78, 5) is 26.1. The minimum absolute atomic E-state index is 0.0820. The van der Waals surface area contributed by atoms with Gasteiger partial charge in [0.25, 0.3) is 11.8 Å². The number of hydrogen-bond acceptors (Lipinski definition) is 3. The van der Waals surface area contributed by atoms with E-state index in [4.69, 9.17) is 11.6 Å². The number of carbonyl (C=O) groups excluding carboxylic acids is 2. The van der Waals surface area contributed by atoms with Crippen LogP contribution in [-0.4, -0.2) is 28.4 Å². The number of aliphatic hydroxyl groups excluding tert-OH is 1. The molecule has 2 amide bonds. The molecule has 0 saturated carbocycles. The van der Waals surface area contributed by atoms with Crippen molar-refractivity contribution in [2.45, 2.75) is 20.3 Å². The minimum atomic E-state index is -0.645. The third kappa shape index (κ3) is 3.30. The molecule has 128 valence electrons. The van der Waals surface area contributed by atoms with Gasteiger partial charge in [-0.2, -0.15) is 0 Å². The lowest BCUT2D eigenvalue weighted by Gasteiger charge is -2.15. The Morgan fingerprint density at radius 1 is 1.00 bits per heavy atom. The van der Waals surface area contributed by atoms with Gasteiger partial charge in [0, 0.05) is 11.6 Å². The zero-order chi connectivity index (χ0) is 18.1. The predicted molar refractivity (Wildman–Crippen MR) is 97.3 cm³/mol. The van der Waals surface area contributed by atoms with E-state index >= 15 is 0 Å². The minimum Gasteiger partial charge on any atom is -0.502 e. The number of benzene rings is 2. The van der Waals surface area contributed by atoms with Gasteiger partial charge in [-0.15, -0.1) is 0 Å². The summed E-state index contributed by atoms with van der Waals surface area (Å²) in [6.45, 7) is 4.01. The first-order chi connectivity index (χ1) is 11.9. The molecule has 0 aromatic heterocycles. The Hall–Kier alpha value is -2.59. The van der Waals surface area contributed by atoms with Crippen LogP contribution in [0.5, 0.6) is 0 Å². The lowest BCUT2D eigenvalue weighted by Crippen LogP contribution is -2.33. The zero-order valence-corrected chi connectivity index (χ0v) is 14.8. The first kappa shape index (κ1) is 17.2. The van der Waals surface area contributed by atoms with Gasteiger partial charge in [-0.3, -0.25) is 14.5 Å². The van der Waals surface area contributed by atoms with E-state index in [-0.39, 0.29) is 12.1 Å². The number of halogens is 1. The third-order valence-electron chi connectivity index (χ3n) is 4.33. The number of amides is 2. The highest BCUT2D eigenvalue weighted by Crippen LogP contribution is 2.30. The highest BCUT2D eigenvalue weighted by Gasteiger charge is 2.39. The Morgan fingerprint density at radius 2 is 1.68 bits per heavy atom. The monoisotopic (exact) mass is 355 g/mol. The summed E-state index contributed by atoms with van der Waals surface area (Å²) in [6, 6.07) is 12.8. The molecule has 0 saturated heterocycles. The van der Waals surface area contributed by atoms with E-state index in [9.17, 15) is 14.7 Å². The molecule has 1 aliphatic rings. The molecular weight excluding hydrogens is 338 g/mol. The van der Waals surface area contributed by atoms with Crippen molar-refractivity contribution in [2.24, 2.45) is 0 Å². The lowest BCUT2D eigenvalue weighted by atomic mass is 9.98. The van der Waals surface area contributed by atoms with E-state index in [2.05, 4.69) is 0 Å². The Balaban J connectivity index is 1.82. The second-order valence-electron chi connectivity index (χ2n) is 6.18. The topological polar surface area (TPSA) is 57.6 Å². The Bertz CT molecular complexity index is 884. The van der Waals surface area contributed by atoms with Gasteiger partial charge in [0.05, 0.1) is 5.57 Å². The molecule has 5 heteroatoms. The highest BCUT2D eigenvalue weighted by molar-refractivity contribution is 6.35. The van der Waals surface area contributed by atoms with Crippen molar-refractivity contribution in [3.05, 3.63) is 75.5 Å². The van der Waals surface area contributed by atoms with Gasteiger partial charge in [-0.05, 0) is 49.1 Å². The third-order valence-corrected chi connectivity index (χ3v) is 4.58. The normalized spacial score (nSPS) is 14.6. The highest BCUT2D eigenvalue weighted by atomic mass is 35.5. The summed E-state index contributed by atoms with van der Waals surface area (Å²) < 4.78 is 0. The van der Waals surface area contributed by atoms with Crippen molar-refractivity contribution >= 4 is 29.0 Å². The number of carbonyl (C=O) groups is 2. The molecule has 0 aliphatic carbocycles. The smallest absolute Gasteiger partial charge is 0.296 e. The van der Waals surface area contributed by atoms with Gasteiger partial charge < -0.3 is 5.11 Å². The molecule has 0 radical (unpaired) electrons. The molecule has 0 atom stereocenters. The lowest BCUT2D eigenvalue weighted by molar-refractivity contribution is -0.138. The maximum absolute atomic E-state index is 12.7. The first-order valence-corrected chi connectivity index (χ1v) is 8.38. The van der Waals surface area contributed by atoms with Crippen molar-refractivity contribution in [3.63, 3.8) is 0 Å². The van der Waals surface area contributed by atoms with E-state index in [1.165, 1.54) is 0 Å². The van der Waals surface area contributed by atoms with Crippen molar-refractivity contribution in [2.75, 3.05) is 6.54 Å². The molecule has 1 N–H and O–H groups in total. The van der Waals surface area contributed by atoms with Crippen molar-refractivity contribution in [1.82, 2.24) is 4.90 Å². The second kappa shape index (κ2) is 6.73. The predicted octanol–water partition coefficient (Wildman–Crippen LogP) is 3.84.